The minimum atomic E-state index is -0.0737. The number of rotatable bonds is 7. The first-order chi connectivity index (χ1) is 11.5. The molecule has 2 aromatic carbocycles. The normalized spacial score (nSPS) is 10.2. The van der Waals surface area contributed by atoms with Crippen molar-refractivity contribution in [3.63, 3.8) is 0 Å². The molecule has 0 aliphatic rings. The first kappa shape index (κ1) is 18.3. The van der Waals surface area contributed by atoms with E-state index in [2.05, 4.69) is 10.6 Å². The number of unbranched alkanes of at least 4 members (excludes halogenated alkanes) is 1. The molecule has 2 amide bonds. The Labute approximate surface area is 151 Å². The lowest BCUT2D eigenvalue weighted by Gasteiger charge is -2.06. The van der Waals surface area contributed by atoms with Crippen LogP contribution in [0.5, 0.6) is 0 Å². The van der Waals surface area contributed by atoms with Gasteiger partial charge in [0.05, 0.1) is 0 Å². The highest BCUT2D eigenvalue weighted by atomic mass is 35.5. The van der Waals surface area contributed by atoms with Gasteiger partial charge in [-0.3, -0.25) is 9.59 Å². The number of halogens is 2. The monoisotopic (exact) mass is 364 g/mol. The molecule has 2 rings (SSSR count). The molecule has 0 spiro atoms. The number of hydrogen-bond donors (Lipinski definition) is 2. The van der Waals surface area contributed by atoms with Crippen LogP contribution in [-0.2, 0) is 9.59 Å². The highest BCUT2D eigenvalue weighted by molar-refractivity contribution is 6.30. The van der Waals surface area contributed by atoms with E-state index in [9.17, 15) is 9.59 Å². The van der Waals surface area contributed by atoms with Gasteiger partial charge in [-0.05, 0) is 61.4 Å². The average Bonchev–Trinajstić information content (AvgIpc) is 2.56. The zero-order chi connectivity index (χ0) is 17.4. The van der Waals surface area contributed by atoms with E-state index in [1.54, 1.807) is 48.5 Å². The number of anilines is 2. The molecule has 0 heterocycles. The van der Waals surface area contributed by atoms with Gasteiger partial charge in [0, 0.05) is 34.3 Å². The lowest BCUT2D eigenvalue weighted by Crippen LogP contribution is -2.13. The van der Waals surface area contributed by atoms with Gasteiger partial charge in [0.2, 0.25) is 11.8 Å². The van der Waals surface area contributed by atoms with Crippen molar-refractivity contribution in [1.29, 1.82) is 0 Å². The summed E-state index contributed by atoms with van der Waals surface area (Å²) in [5.41, 5.74) is 1.43. The van der Waals surface area contributed by atoms with Crippen LogP contribution in [0.2, 0.25) is 10.0 Å². The quantitative estimate of drug-likeness (QED) is 0.668. The third-order valence-corrected chi connectivity index (χ3v) is 3.82. The molecule has 24 heavy (non-hydrogen) atoms. The molecule has 2 aromatic rings. The fourth-order valence-corrected chi connectivity index (χ4v) is 2.34. The van der Waals surface area contributed by atoms with Gasteiger partial charge in [-0.2, -0.15) is 0 Å². The Balaban J connectivity index is 1.63. The second-order valence-electron chi connectivity index (χ2n) is 5.32. The van der Waals surface area contributed by atoms with E-state index < -0.39 is 0 Å². The third kappa shape index (κ3) is 6.60. The van der Waals surface area contributed by atoms with Crippen molar-refractivity contribution in [3.8, 4) is 0 Å². The maximum atomic E-state index is 11.8. The number of amides is 2. The van der Waals surface area contributed by atoms with Gasteiger partial charge in [-0.1, -0.05) is 23.2 Å². The number of nitrogens with one attached hydrogen (secondary N) is 2. The standard InChI is InChI=1S/C18H18Cl2N2O2/c19-13-5-9-15(10-6-13)21-17(23)3-1-2-4-18(24)22-16-11-7-14(20)8-12-16/h5-12H,1-4H2,(H,21,23)(H,22,24). The fourth-order valence-electron chi connectivity index (χ4n) is 2.08. The molecule has 0 bridgehead atoms. The summed E-state index contributed by atoms with van der Waals surface area (Å²) in [7, 11) is 0. The van der Waals surface area contributed by atoms with Crippen LogP contribution < -0.4 is 10.6 Å². The van der Waals surface area contributed by atoms with E-state index in [1.807, 2.05) is 0 Å². The largest absolute Gasteiger partial charge is 0.326 e. The highest BCUT2D eigenvalue weighted by Gasteiger charge is 2.05. The molecule has 4 nitrogen and oxygen atoms in total. The molecule has 0 unspecified atom stereocenters. The molecule has 0 aliphatic carbocycles. The minimum Gasteiger partial charge on any atom is -0.326 e. The lowest BCUT2D eigenvalue weighted by atomic mass is 10.1. The van der Waals surface area contributed by atoms with Crippen molar-refractivity contribution < 1.29 is 9.59 Å². The summed E-state index contributed by atoms with van der Waals surface area (Å²) in [5.74, 6) is -0.147. The zero-order valence-corrected chi connectivity index (χ0v) is 14.5. The Morgan fingerprint density at radius 2 is 1.00 bits per heavy atom. The average molecular weight is 365 g/mol. The molecular weight excluding hydrogens is 347 g/mol. The van der Waals surface area contributed by atoms with Crippen molar-refractivity contribution in [2.45, 2.75) is 25.7 Å². The van der Waals surface area contributed by atoms with Gasteiger partial charge in [-0.15, -0.1) is 0 Å². The SMILES string of the molecule is O=C(CCCCC(=O)Nc1ccc(Cl)cc1)Nc1ccc(Cl)cc1. The zero-order valence-electron chi connectivity index (χ0n) is 13.0. The smallest absolute Gasteiger partial charge is 0.224 e. The number of benzene rings is 2. The van der Waals surface area contributed by atoms with Crippen molar-refractivity contribution >= 4 is 46.4 Å². The Morgan fingerprint density at radius 1 is 0.667 bits per heavy atom. The van der Waals surface area contributed by atoms with Crippen LogP contribution in [0.1, 0.15) is 25.7 Å². The Hall–Kier alpha value is -2.04. The van der Waals surface area contributed by atoms with E-state index in [4.69, 9.17) is 23.2 Å². The number of hydrogen-bond acceptors (Lipinski definition) is 2. The van der Waals surface area contributed by atoms with Gasteiger partial charge in [0.25, 0.3) is 0 Å². The van der Waals surface area contributed by atoms with Gasteiger partial charge < -0.3 is 10.6 Å². The molecule has 0 saturated heterocycles. The lowest BCUT2D eigenvalue weighted by molar-refractivity contribution is -0.118. The second-order valence-corrected chi connectivity index (χ2v) is 6.19. The predicted molar refractivity (Wildman–Crippen MR) is 98.6 cm³/mol. The van der Waals surface area contributed by atoms with Gasteiger partial charge in [0.1, 0.15) is 0 Å². The van der Waals surface area contributed by atoms with Crippen molar-refractivity contribution in [3.05, 3.63) is 58.6 Å². The Bertz CT molecular complexity index is 624. The summed E-state index contributed by atoms with van der Waals surface area (Å²) in [6.07, 6.45) is 2.04. The van der Waals surface area contributed by atoms with E-state index in [0.717, 1.165) is 0 Å². The molecule has 6 heteroatoms. The van der Waals surface area contributed by atoms with E-state index in [1.165, 1.54) is 0 Å². The molecule has 0 atom stereocenters. The van der Waals surface area contributed by atoms with Crippen LogP contribution in [-0.4, -0.2) is 11.8 Å². The Morgan fingerprint density at radius 3 is 1.33 bits per heavy atom. The van der Waals surface area contributed by atoms with Crippen molar-refractivity contribution in [2.24, 2.45) is 0 Å². The van der Waals surface area contributed by atoms with Crippen LogP contribution in [0.3, 0.4) is 0 Å². The van der Waals surface area contributed by atoms with Gasteiger partial charge in [-0.25, -0.2) is 0 Å². The third-order valence-electron chi connectivity index (χ3n) is 3.31. The predicted octanol–water partition coefficient (Wildman–Crippen LogP) is 5.13. The second kappa shape index (κ2) is 9.30. The summed E-state index contributed by atoms with van der Waals surface area (Å²) < 4.78 is 0. The van der Waals surface area contributed by atoms with Crippen molar-refractivity contribution in [1.82, 2.24) is 0 Å². The summed E-state index contributed by atoms with van der Waals surface area (Å²) in [4.78, 5) is 23.6. The summed E-state index contributed by atoms with van der Waals surface area (Å²) in [6.45, 7) is 0. The fraction of sp³-hybridized carbons (Fsp3) is 0.222. The molecule has 0 radical (unpaired) electrons. The minimum absolute atomic E-state index is 0.0737. The first-order valence-electron chi connectivity index (χ1n) is 7.64. The van der Waals surface area contributed by atoms with Crippen LogP contribution in [0.4, 0.5) is 11.4 Å². The van der Waals surface area contributed by atoms with Crippen LogP contribution >= 0.6 is 23.2 Å². The summed E-state index contributed by atoms with van der Waals surface area (Å²) >= 11 is 11.6. The summed E-state index contributed by atoms with van der Waals surface area (Å²) in [6, 6.07) is 13.9. The van der Waals surface area contributed by atoms with E-state index in [0.29, 0.717) is 47.1 Å². The van der Waals surface area contributed by atoms with E-state index in [-0.39, 0.29) is 11.8 Å². The number of carbonyl (C=O) groups excluding carboxylic acids is 2. The Kier molecular flexibility index (Phi) is 7.09. The van der Waals surface area contributed by atoms with Crippen LogP contribution in [0, 0.1) is 0 Å². The molecule has 2 N–H and O–H groups in total. The van der Waals surface area contributed by atoms with Crippen LogP contribution in [0.25, 0.3) is 0 Å². The maximum Gasteiger partial charge on any atom is 0.224 e. The highest BCUT2D eigenvalue weighted by Crippen LogP contribution is 2.15. The van der Waals surface area contributed by atoms with Gasteiger partial charge in [0.15, 0.2) is 0 Å². The topological polar surface area (TPSA) is 58.2 Å². The van der Waals surface area contributed by atoms with Gasteiger partial charge >= 0.3 is 0 Å². The molecular formula is C18H18Cl2N2O2. The van der Waals surface area contributed by atoms with E-state index >= 15 is 0 Å². The molecule has 126 valence electrons. The number of carbonyl (C=O) groups is 2. The molecule has 0 aromatic heterocycles. The van der Waals surface area contributed by atoms with Crippen molar-refractivity contribution in [2.75, 3.05) is 10.6 Å². The molecule has 0 saturated carbocycles. The maximum absolute atomic E-state index is 11.8. The summed E-state index contributed by atoms with van der Waals surface area (Å²) in [5, 5.41) is 6.83. The molecule has 0 aliphatic heterocycles. The first-order valence-corrected chi connectivity index (χ1v) is 8.39. The van der Waals surface area contributed by atoms with Crippen LogP contribution in [0.15, 0.2) is 48.5 Å². The molecule has 0 fully saturated rings.